The van der Waals surface area contributed by atoms with Gasteiger partial charge in [-0.15, -0.1) is 0 Å². The molecule has 0 spiro atoms. The summed E-state index contributed by atoms with van der Waals surface area (Å²) in [7, 11) is 0. The summed E-state index contributed by atoms with van der Waals surface area (Å²) in [6.45, 7) is 6.06. The molecule has 72 valence electrons. The summed E-state index contributed by atoms with van der Waals surface area (Å²) in [5.74, 6) is 0.0766. The molecular weight excluding hydrogens is 152 g/mol. The van der Waals surface area contributed by atoms with E-state index >= 15 is 0 Å². The molecule has 2 atom stereocenters. The van der Waals surface area contributed by atoms with Gasteiger partial charge in [-0.2, -0.15) is 0 Å². The molecule has 0 aliphatic rings. The van der Waals surface area contributed by atoms with Crippen molar-refractivity contribution in [2.45, 2.75) is 45.6 Å². The third-order valence-corrected chi connectivity index (χ3v) is 2.53. The quantitative estimate of drug-likeness (QED) is 0.650. The summed E-state index contributed by atoms with van der Waals surface area (Å²) in [6, 6.07) is 0. The molecule has 12 heavy (non-hydrogen) atoms. The van der Waals surface area contributed by atoms with Gasteiger partial charge in [0.2, 0.25) is 5.91 Å². The largest absolute Gasteiger partial charge is 0.368 e. The highest BCUT2D eigenvalue weighted by atomic mass is 16.1. The Morgan fingerprint density at radius 2 is 2.00 bits per heavy atom. The number of hydrogen-bond acceptors (Lipinski definition) is 2. The predicted octanol–water partition coefficient (Wildman–Crippen LogP) is 1.02. The van der Waals surface area contributed by atoms with Crippen LogP contribution < -0.4 is 11.5 Å². The lowest BCUT2D eigenvalue weighted by molar-refractivity contribution is -0.123. The van der Waals surface area contributed by atoms with Crippen LogP contribution in [0.5, 0.6) is 0 Å². The van der Waals surface area contributed by atoms with Crippen LogP contribution in [-0.4, -0.2) is 11.4 Å². The minimum atomic E-state index is -0.796. The summed E-state index contributed by atoms with van der Waals surface area (Å²) in [6.07, 6.45) is 2.34. The molecule has 0 saturated carbocycles. The fourth-order valence-electron chi connectivity index (χ4n) is 1.19. The highest BCUT2D eigenvalue weighted by molar-refractivity contribution is 5.84. The Bertz CT molecular complexity index is 159. The molecule has 0 aromatic heterocycles. The van der Waals surface area contributed by atoms with Gasteiger partial charge in [-0.05, 0) is 18.8 Å². The number of amides is 1. The molecular formula is C9H20N2O. The lowest BCUT2D eigenvalue weighted by atomic mass is 9.85. The van der Waals surface area contributed by atoms with E-state index in [1.54, 1.807) is 0 Å². The molecule has 3 heteroatoms. The molecule has 0 bridgehead atoms. The van der Waals surface area contributed by atoms with Crippen LogP contribution in [0.25, 0.3) is 0 Å². The molecule has 3 nitrogen and oxygen atoms in total. The lowest BCUT2D eigenvalue weighted by Gasteiger charge is -2.27. The topological polar surface area (TPSA) is 69.1 Å². The van der Waals surface area contributed by atoms with Gasteiger partial charge in [0.25, 0.3) is 0 Å². The zero-order valence-electron chi connectivity index (χ0n) is 8.26. The molecule has 0 rings (SSSR count). The van der Waals surface area contributed by atoms with Gasteiger partial charge in [-0.1, -0.05) is 27.2 Å². The fraction of sp³-hybridized carbons (Fsp3) is 0.889. The summed E-state index contributed by atoms with van der Waals surface area (Å²) in [5.41, 5.74) is 10.3. The molecule has 2 unspecified atom stereocenters. The van der Waals surface area contributed by atoms with E-state index in [2.05, 4.69) is 13.8 Å². The molecule has 0 aliphatic carbocycles. The van der Waals surface area contributed by atoms with Crippen LogP contribution in [0.3, 0.4) is 0 Å². The van der Waals surface area contributed by atoms with Crippen LogP contribution >= 0.6 is 0 Å². The van der Waals surface area contributed by atoms with Gasteiger partial charge in [0.1, 0.15) is 0 Å². The second kappa shape index (κ2) is 4.45. The number of rotatable bonds is 5. The van der Waals surface area contributed by atoms with Gasteiger partial charge in [0.05, 0.1) is 5.54 Å². The van der Waals surface area contributed by atoms with Crippen LogP contribution in [0.4, 0.5) is 0 Å². The van der Waals surface area contributed by atoms with Gasteiger partial charge >= 0.3 is 0 Å². The smallest absolute Gasteiger partial charge is 0.237 e. The Kier molecular flexibility index (Phi) is 4.24. The van der Waals surface area contributed by atoms with Crippen molar-refractivity contribution >= 4 is 5.91 Å². The minimum Gasteiger partial charge on any atom is -0.368 e. The maximum atomic E-state index is 11.0. The third kappa shape index (κ3) is 2.81. The summed E-state index contributed by atoms with van der Waals surface area (Å²) >= 11 is 0. The van der Waals surface area contributed by atoms with Crippen molar-refractivity contribution in [2.24, 2.45) is 17.4 Å². The van der Waals surface area contributed by atoms with E-state index in [1.807, 2.05) is 6.92 Å². The second-order valence-corrected chi connectivity index (χ2v) is 3.59. The van der Waals surface area contributed by atoms with Crippen LogP contribution in [0.15, 0.2) is 0 Å². The summed E-state index contributed by atoms with van der Waals surface area (Å²) < 4.78 is 0. The molecule has 0 fully saturated rings. The molecule has 0 aliphatic heterocycles. The van der Waals surface area contributed by atoms with E-state index in [0.29, 0.717) is 18.8 Å². The van der Waals surface area contributed by atoms with Crippen LogP contribution in [0.2, 0.25) is 0 Å². The first-order valence-electron chi connectivity index (χ1n) is 4.55. The van der Waals surface area contributed by atoms with Crippen molar-refractivity contribution in [3.8, 4) is 0 Å². The van der Waals surface area contributed by atoms with Crippen LogP contribution in [-0.2, 0) is 4.79 Å². The van der Waals surface area contributed by atoms with Crippen molar-refractivity contribution in [1.82, 2.24) is 0 Å². The first-order chi connectivity index (χ1) is 5.46. The van der Waals surface area contributed by atoms with E-state index in [4.69, 9.17) is 11.5 Å². The lowest BCUT2D eigenvalue weighted by Crippen LogP contribution is -2.52. The van der Waals surface area contributed by atoms with E-state index in [0.717, 1.165) is 6.42 Å². The van der Waals surface area contributed by atoms with E-state index in [1.165, 1.54) is 0 Å². The maximum Gasteiger partial charge on any atom is 0.237 e. The molecule has 0 saturated heterocycles. The highest BCUT2D eigenvalue weighted by Gasteiger charge is 2.30. The Hall–Kier alpha value is -0.570. The second-order valence-electron chi connectivity index (χ2n) is 3.59. The van der Waals surface area contributed by atoms with Gasteiger partial charge in [0.15, 0.2) is 0 Å². The first-order valence-corrected chi connectivity index (χ1v) is 4.55. The number of carbonyl (C=O) groups is 1. The predicted molar refractivity (Wildman–Crippen MR) is 50.5 cm³/mol. The van der Waals surface area contributed by atoms with Crippen molar-refractivity contribution in [3.63, 3.8) is 0 Å². The van der Waals surface area contributed by atoms with Gasteiger partial charge in [-0.3, -0.25) is 4.79 Å². The zero-order chi connectivity index (χ0) is 9.78. The van der Waals surface area contributed by atoms with Crippen LogP contribution in [0, 0.1) is 5.92 Å². The Balaban J connectivity index is 4.23. The summed E-state index contributed by atoms with van der Waals surface area (Å²) in [4.78, 5) is 11.0. The average molecular weight is 172 g/mol. The van der Waals surface area contributed by atoms with Gasteiger partial charge < -0.3 is 11.5 Å². The fourth-order valence-corrected chi connectivity index (χ4v) is 1.19. The van der Waals surface area contributed by atoms with E-state index < -0.39 is 5.54 Å². The SMILES string of the molecule is CCC(C)CC(N)(CC)C(N)=O. The molecule has 0 radical (unpaired) electrons. The monoisotopic (exact) mass is 172 g/mol. The van der Waals surface area contributed by atoms with Crippen molar-refractivity contribution in [3.05, 3.63) is 0 Å². The third-order valence-electron chi connectivity index (χ3n) is 2.53. The Morgan fingerprint density at radius 3 is 2.25 bits per heavy atom. The first kappa shape index (κ1) is 11.4. The number of nitrogens with two attached hydrogens (primary N) is 2. The van der Waals surface area contributed by atoms with Gasteiger partial charge in [-0.25, -0.2) is 0 Å². The van der Waals surface area contributed by atoms with E-state index in [9.17, 15) is 4.79 Å². The molecule has 0 aromatic rings. The normalized spacial score (nSPS) is 18.3. The van der Waals surface area contributed by atoms with Crippen molar-refractivity contribution in [1.29, 1.82) is 0 Å². The molecule has 4 N–H and O–H groups in total. The van der Waals surface area contributed by atoms with Gasteiger partial charge in [0, 0.05) is 0 Å². The number of hydrogen-bond donors (Lipinski definition) is 2. The van der Waals surface area contributed by atoms with Crippen molar-refractivity contribution in [2.75, 3.05) is 0 Å². The number of carbonyl (C=O) groups excluding carboxylic acids is 1. The minimum absolute atomic E-state index is 0.384. The Morgan fingerprint density at radius 1 is 1.50 bits per heavy atom. The number of primary amides is 1. The average Bonchev–Trinajstić information content (AvgIpc) is 2.03. The molecule has 1 amide bonds. The zero-order valence-corrected chi connectivity index (χ0v) is 8.26. The van der Waals surface area contributed by atoms with Crippen LogP contribution in [0.1, 0.15) is 40.0 Å². The Labute approximate surface area is 74.5 Å². The maximum absolute atomic E-state index is 11.0. The molecule has 0 heterocycles. The van der Waals surface area contributed by atoms with Crippen molar-refractivity contribution < 1.29 is 4.79 Å². The highest BCUT2D eigenvalue weighted by Crippen LogP contribution is 2.19. The standard InChI is InChI=1S/C9H20N2O/c1-4-7(3)6-9(11,5-2)8(10)12/h7H,4-6,11H2,1-3H3,(H2,10,12). The summed E-state index contributed by atoms with van der Waals surface area (Å²) in [5, 5.41) is 0. The molecule has 0 aromatic carbocycles. The van der Waals surface area contributed by atoms with E-state index in [-0.39, 0.29) is 5.91 Å².